The molecule has 0 bridgehead atoms. The Hall–Kier alpha value is -1.65. The van der Waals surface area contributed by atoms with Crippen LogP contribution in [0.5, 0.6) is 0 Å². The number of hydrogen-bond donors (Lipinski definition) is 1. The molecule has 3 rings (SSSR count). The molecular formula is C17H23N3O. The van der Waals surface area contributed by atoms with Crippen molar-refractivity contribution in [2.45, 2.75) is 25.8 Å². The van der Waals surface area contributed by atoms with E-state index < -0.39 is 0 Å². The molecule has 112 valence electrons. The first-order chi connectivity index (χ1) is 10.3. The zero-order chi connectivity index (χ0) is 14.5. The van der Waals surface area contributed by atoms with Crippen LogP contribution in [-0.4, -0.2) is 29.5 Å². The highest BCUT2D eigenvalue weighted by Gasteiger charge is 2.20. The smallest absolute Gasteiger partial charge is 0.209 e. The van der Waals surface area contributed by atoms with Crippen LogP contribution in [0.3, 0.4) is 0 Å². The Labute approximate surface area is 126 Å². The predicted molar refractivity (Wildman–Crippen MR) is 83.6 cm³/mol. The van der Waals surface area contributed by atoms with E-state index in [1.54, 1.807) is 0 Å². The quantitative estimate of drug-likeness (QED) is 0.917. The van der Waals surface area contributed by atoms with Crippen molar-refractivity contribution in [2.24, 2.45) is 11.7 Å². The van der Waals surface area contributed by atoms with E-state index in [1.807, 2.05) is 36.5 Å². The molecule has 0 aliphatic carbocycles. The summed E-state index contributed by atoms with van der Waals surface area (Å²) in [4.78, 5) is 6.86. The molecule has 2 heterocycles. The number of nitrogens with zero attached hydrogens (tertiary/aromatic N) is 2. The fourth-order valence-corrected chi connectivity index (χ4v) is 3.08. The summed E-state index contributed by atoms with van der Waals surface area (Å²) in [7, 11) is 0. The van der Waals surface area contributed by atoms with Gasteiger partial charge in [0, 0.05) is 12.1 Å². The lowest BCUT2D eigenvalue weighted by Crippen LogP contribution is -2.35. The van der Waals surface area contributed by atoms with Gasteiger partial charge in [0.15, 0.2) is 5.76 Å². The molecule has 0 spiro atoms. The molecule has 0 amide bonds. The van der Waals surface area contributed by atoms with Gasteiger partial charge in [-0.1, -0.05) is 30.3 Å². The molecule has 1 aliphatic heterocycles. The monoisotopic (exact) mass is 285 g/mol. The average Bonchev–Trinajstić information content (AvgIpc) is 2.97. The van der Waals surface area contributed by atoms with E-state index >= 15 is 0 Å². The second kappa shape index (κ2) is 6.87. The van der Waals surface area contributed by atoms with Crippen molar-refractivity contribution in [3.05, 3.63) is 42.4 Å². The third-order valence-corrected chi connectivity index (χ3v) is 4.15. The largest absolute Gasteiger partial charge is 0.439 e. The number of benzene rings is 1. The molecule has 2 N–H and O–H groups in total. The lowest BCUT2D eigenvalue weighted by molar-refractivity contribution is 0.151. The van der Waals surface area contributed by atoms with Gasteiger partial charge in [-0.2, -0.15) is 0 Å². The molecule has 1 aromatic heterocycles. The van der Waals surface area contributed by atoms with Crippen LogP contribution < -0.4 is 5.73 Å². The molecule has 2 aromatic rings. The summed E-state index contributed by atoms with van der Waals surface area (Å²) in [5.41, 5.74) is 6.76. The molecule has 0 radical (unpaired) electrons. The van der Waals surface area contributed by atoms with Gasteiger partial charge < -0.3 is 10.2 Å². The molecule has 1 saturated heterocycles. The van der Waals surface area contributed by atoms with E-state index in [2.05, 4.69) is 9.88 Å². The van der Waals surface area contributed by atoms with Crippen molar-refractivity contribution in [1.29, 1.82) is 0 Å². The number of oxazole rings is 1. The number of rotatable bonds is 5. The van der Waals surface area contributed by atoms with Crippen molar-refractivity contribution in [3.63, 3.8) is 0 Å². The summed E-state index contributed by atoms with van der Waals surface area (Å²) in [5.74, 6) is 2.38. The van der Waals surface area contributed by atoms with Crippen LogP contribution in [0.1, 0.15) is 25.2 Å². The lowest BCUT2D eigenvalue weighted by Gasteiger charge is -2.31. The fraction of sp³-hybridized carbons (Fsp3) is 0.471. The highest BCUT2D eigenvalue weighted by molar-refractivity contribution is 5.55. The Kier molecular flexibility index (Phi) is 4.68. The van der Waals surface area contributed by atoms with Gasteiger partial charge in [0.1, 0.15) is 0 Å². The summed E-state index contributed by atoms with van der Waals surface area (Å²) in [5, 5.41) is 0. The van der Waals surface area contributed by atoms with Crippen LogP contribution in [0.15, 0.2) is 40.9 Å². The first-order valence-corrected chi connectivity index (χ1v) is 7.77. The summed E-state index contributed by atoms with van der Waals surface area (Å²) in [6.45, 7) is 3.83. The van der Waals surface area contributed by atoms with E-state index in [0.29, 0.717) is 0 Å². The summed E-state index contributed by atoms with van der Waals surface area (Å²) >= 11 is 0. The molecule has 1 fully saturated rings. The van der Waals surface area contributed by atoms with E-state index in [1.165, 1.54) is 12.8 Å². The average molecular weight is 285 g/mol. The number of aromatic nitrogens is 1. The van der Waals surface area contributed by atoms with Crippen LogP contribution in [0.25, 0.3) is 11.3 Å². The van der Waals surface area contributed by atoms with Crippen molar-refractivity contribution in [2.75, 3.05) is 19.6 Å². The van der Waals surface area contributed by atoms with Crippen LogP contribution in [0.4, 0.5) is 0 Å². The third-order valence-electron chi connectivity index (χ3n) is 4.15. The van der Waals surface area contributed by atoms with Crippen molar-refractivity contribution in [3.8, 4) is 11.3 Å². The van der Waals surface area contributed by atoms with Gasteiger partial charge in [0.25, 0.3) is 0 Å². The van der Waals surface area contributed by atoms with Gasteiger partial charge in [-0.05, 0) is 38.3 Å². The fourth-order valence-electron chi connectivity index (χ4n) is 3.08. The second-order valence-corrected chi connectivity index (χ2v) is 5.80. The maximum atomic E-state index is 5.89. The second-order valence-electron chi connectivity index (χ2n) is 5.80. The standard InChI is InChI=1S/C17H23N3O/c18-9-8-14-5-4-10-20(12-14)13-17-19-11-16(21-17)15-6-2-1-3-7-15/h1-3,6-7,11,14H,4-5,8-10,12-13,18H2. The van der Waals surface area contributed by atoms with E-state index in [4.69, 9.17) is 10.2 Å². The molecular weight excluding hydrogens is 262 g/mol. The summed E-state index contributed by atoms with van der Waals surface area (Å²) in [6.07, 6.45) is 5.49. The van der Waals surface area contributed by atoms with E-state index in [0.717, 1.165) is 55.7 Å². The van der Waals surface area contributed by atoms with Crippen molar-refractivity contribution in [1.82, 2.24) is 9.88 Å². The first-order valence-electron chi connectivity index (χ1n) is 7.77. The Balaban J connectivity index is 1.62. The maximum Gasteiger partial charge on any atom is 0.209 e. The molecule has 1 aliphatic rings. The SMILES string of the molecule is NCCC1CCCN(Cc2ncc(-c3ccccc3)o2)C1. The van der Waals surface area contributed by atoms with E-state index in [-0.39, 0.29) is 0 Å². The zero-order valence-corrected chi connectivity index (χ0v) is 12.4. The molecule has 1 atom stereocenters. The van der Waals surface area contributed by atoms with E-state index in [9.17, 15) is 0 Å². The molecule has 1 unspecified atom stereocenters. The van der Waals surface area contributed by atoms with Crippen LogP contribution in [0, 0.1) is 5.92 Å². The lowest BCUT2D eigenvalue weighted by atomic mass is 9.95. The highest BCUT2D eigenvalue weighted by Crippen LogP contribution is 2.23. The van der Waals surface area contributed by atoms with Gasteiger partial charge >= 0.3 is 0 Å². The minimum atomic E-state index is 0.729. The Bertz CT molecular complexity index is 550. The number of hydrogen-bond acceptors (Lipinski definition) is 4. The minimum Gasteiger partial charge on any atom is -0.439 e. The molecule has 0 saturated carbocycles. The number of piperidine rings is 1. The first kappa shape index (κ1) is 14.3. The molecule has 4 heteroatoms. The molecule has 4 nitrogen and oxygen atoms in total. The Morgan fingerprint density at radius 3 is 2.95 bits per heavy atom. The molecule has 1 aromatic carbocycles. The topological polar surface area (TPSA) is 55.3 Å². The number of likely N-dealkylation sites (tertiary alicyclic amines) is 1. The summed E-state index contributed by atoms with van der Waals surface area (Å²) < 4.78 is 5.89. The van der Waals surface area contributed by atoms with Crippen LogP contribution in [-0.2, 0) is 6.54 Å². The van der Waals surface area contributed by atoms with Crippen LogP contribution in [0.2, 0.25) is 0 Å². The Morgan fingerprint density at radius 1 is 1.29 bits per heavy atom. The number of nitrogens with two attached hydrogens (primary N) is 1. The maximum absolute atomic E-state index is 5.89. The van der Waals surface area contributed by atoms with Gasteiger partial charge in [-0.25, -0.2) is 4.98 Å². The van der Waals surface area contributed by atoms with Crippen LogP contribution >= 0.6 is 0 Å². The predicted octanol–water partition coefficient (Wildman–Crippen LogP) is 2.90. The van der Waals surface area contributed by atoms with Gasteiger partial charge in [0.2, 0.25) is 5.89 Å². The van der Waals surface area contributed by atoms with Gasteiger partial charge in [-0.3, -0.25) is 4.90 Å². The minimum absolute atomic E-state index is 0.729. The Morgan fingerprint density at radius 2 is 2.14 bits per heavy atom. The third kappa shape index (κ3) is 3.71. The van der Waals surface area contributed by atoms with Gasteiger partial charge in [-0.15, -0.1) is 0 Å². The highest BCUT2D eigenvalue weighted by atomic mass is 16.4. The normalized spacial score (nSPS) is 19.8. The van der Waals surface area contributed by atoms with Gasteiger partial charge in [0.05, 0.1) is 12.7 Å². The summed E-state index contributed by atoms with van der Waals surface area (Å²) in [6, 6.07) is 10.1. The zero-order valence-electron chi connectivity index (χ0n) is 12.4. The molecule has 21 heavy (non-hydrogen) atoms. The van der Waals surface area contributed by atoms with Crippen molar-refractivity contribution < 1.29 is 4.42 Å². The van der Waals surface area contributed by atoms with Crippen molar-refractivity contribution >= 4 is 0 Å².